The molecule has 0 saturated carbocycles. The van der Waals surface area contributed by atoms with E-state index in [4.69, 9.17) is 27.9 Å². The zero-order valence-corrected chi connectivity index (χ0v) is 14.9. The van der Waals surface area contributed by atoms with Crippen LogP contribution in [0.5, 0.6) is 5.75 Å². The number of anilines is 1. The Morgan fingerprint density at radius 3 is 2.56 bits per heavy atom. The summed E-state index contributed by atoms with van der Waals surface area (Å²) in [5.41, 5.74) is 1.37. The molecule has 0 fully saturated rings. The lowest BCUT2D eigenvalue weighted by molar-refractivity contribution is 0.102. The standard InChI is InChI=1S/C18H15Cl2N3O2/c1-25-16-7-6-14(20)10-15(16)18(24)22-17-8-9-21-23(17)11-12-2-4-13(19)5-3-12/h2-10H,11H2,1H3,(H,22,24). The van der Waals surface area contributed by atoms with Crippen molar-refractivity contribution in [1.29, 1.82) is 0 Å². The Labute approximate surface area is 155 Å². The van der Waals surface area contributed by atoms with E-state index in [-0.39, 0.29) is 5.91 Å². The van der Waals surface area contributed by atoms with E-state index in [0.717, 1.165) is 5.56 Å². The third-order valence-corrected chi connectivity index (χ3v) is 4.10. The molecule has 0 aliphatic carbocycles. The normalized spacial score (nSPS) is 10.5. The van der Waals surface area contributed by atoms with Crippen LogP contribution >= 0.6 is 23.2 Å². The maximum Gasteiger partial charge on any atom is 0.260 e. The maximum absolute atomic E-state index is 12.6. The van der Waals surface area contributed by atoms with Crippen molar-refractivity contribution in [2.24, 2.45) is 0 Å². The quantitative estimate of drug-likeness (QED) is 0.714. The second-order valence-corrected chi connectivity index (χ2v) is 6.17. The predicted molar refractivity (Wildman–Crippen MR) is 98.7 cm³/mol. The molecule has 7 heteroatoms. The molecule has 0 aliphatic rings. The van der Waals surface area contributed by atoms with Gasteiger partial charge in [-0.2, -0.15) is 5.10 Å². The molecule has 1 heterocycles. The first-order valence-corrected chi connectivity index (χ1v) is 8.23. The number of carbonyl (C=O) groups excluding carboxylic acids is 1. The highest BCUT2D eigenvalue weighted by Crippen LogP contribution is 2.24. The first-order chi connectivity index (χ1) is 12.1. The average molecular weight is 376 g/mol. The van der Waals surface area contributed by atoms with Crippen LogP contribution in [0.25, 0.3) is 0 Å². The molecule has 1 aromatic heterocycles. The van der Waals surface area contributed by atoms with Gasteiger partial charge in [0.15, 0.2) is 0 Å². The number of nitrogens with zero attached hydrogens (tertiary/aromatic N) is 2. The van der Waals surface area contributed by atoms with Crippen LogP contribution < -0.4 is 10.1 Å². The SMILES string of the molecule is COc1ccc(Cl)cc1C(=O)Nc1ccnn1Cc1ccc(Cl)cc1. The van der Waals surface area contributed by atoms with Gasteiger partial charge in [0, 0.05) is 16.1 Å². The number of amides is 1. The summed E-state index contributed by atoms with van der Waals surface area (Å²) in [6, 6.07) is 14.1. The summed E-state index contributed by atoms with van der Waals surface area (Å²) >= 11 is 11.9. The highest BCUT2D eigenvalue weighted by atomic mass is 35.5. The number of methoxy groups -OCH3 is 1. The molecular weight excluding hydrogens is 361 g/mol. The summed E-state index contributed by atoms with van der Waals surface area (Å²) in [6.07, 6.45) is 1.63. The van der Waals surface area contributed by atoms with Gasteiger partial charge in [-0.3, -0.25) is 4.79 Å². The van der Waals surface area contributed by atoms with Gasteiger partial charge >= 0.3 is 0 Å². The molecule has 0 spiro atoms. The van der Waals surface area contributed by atoms with Crippen molar-refractivity contribution in [3.05, 3.63) is 75.9 Å². The van der Waals surface area contributed by atoms with E-state index in [2.05, 4.69) is 10.4 Å². The van der Waals surface area contributed by atoms with Crippen molar-refractivity contribution >= 4 is 34.9 Å². The van der Waals surface area contributed by atoms with Gasteiger partial charge in [0.05, 0.1) is 25.4 Å². The van der Waals surface area contributed by atoms with Crippen LogP contribution in [-0.4, -0.2) is 22.8 Å². The average Bonchev–Trinajstić information content (AvgIpc) is 3.03. The monoisotopic (exact) mass is 375 g/mol. The van der Waals surface area contributed by atoms with Crippen molar-refractivity contribution in [3.8, 4) is 5.75 Å². The first kappa shape index (κ1) is 17.3. The number of rotatable bonds is 5. The molecule has 3 aromatic rings. The Morgan fingerprint density at radius 2 is 1.84 bits per heavy atom. The zero-order chi connectivity index (χ0) is 17.8. The molecule has 128 valence electrons. The zero-order valence-electron chi connectivity index (χ0n) is 13.4. The summed E-state index contributed by atoms with van der Waals surface area (Å²) < 4.78 is 6.92. The number of hydrogen-bond donors (Lipinski definition) is 1. The highest BCUT2D eigenvalue weighted by Gasteiger charge is 2.15. The van der Waals surface area contributed by atoms with Gasteiger partial charge in [0.1, 0.15) is 11.6 Å². The predicted octanol–water partition coefficient (Wildman–Crippen LogP) is 4.50. The van der Waals surface area contributed by atoms with Crippen molar-refractivity contribution in [2.75, 3.05) is 12.4 Å². The van der Waals surface area contributed by atoms with Crippen LogP contribution in [0.4, 0.5) is 5.82 Å². The molecule has 0 bridgehead atoms. The molecule has 2 aromatic carbocycles. The smallest absolute Gasteiger partial charge is 0.260 e. The van der Waals surface area contributed by atoms with Crippen molar-refractivity contribution in [2.45, 2.75) is 6.54 Å². The summed E-state index contributed by atoms with van der Waals surface area (Å²) in [4.78, 5) is 12.6. The fourth-order valence-electron chi connectivity index (χ4n) is 2.37. The fraction of sp³-hybridized carbons (Fsp3) is 0.111. The number of carbonyl (C=O) groups is 1. The lowest BCUT2D eigenvalue weighted by atomic mass is 10.2. The number of aromatic nitrogens is 2. The number of hydrogen-bond acceptors (Lipinski definition) is 3. The summed E-state index contributed by atoms with van der Waals surface area (Å²) in [6.45, 7) is 0.506. The second-order valence-electron chi connectivity index (χ2n) is 5.30. The Bertz CT molecular complexity index is 892. The lowest BCUT2D eigenvalue weighted by Crippen LogP contribution is -2.17. The molecule has 0 saturated heterocycles. The third-order valence-electron chi connectivity index (χ3n) is 3.61. The molecule has 0 radical (unpaired) electrons. The van der Waals surface area contributed by atoms with E-state index in [0.29, 0.717) is 33.7 Å². The molecule has 1 amide bonds. The van der Waals surface area contributed by atoms with Gasteiger partial charge in [-0.05, 0) is 35.9 Å². The van der Waals surface area contributed by atoms with Crippen molar-refractivity contribution in [3.63, 3.8) is 0 Å². The Morgan fingerprint density at radius 1 is 1.12 bits per heavy atom. The molecule has 1 N–H and O–H groups in total. The number of nitrogens with one attached hydrogen (secondary N) is 1. The largest absolute Gasteiger partial charge is 0.496 e. The van der Waals surface area contributed by atoms with Gasteiger partial charge in [-0.15, -0.1) is 0 Å². The molecule has 0 aliphatic heterocycles. The molecule has 25 heavy (non-hydrogen) atoms. The molecular formula is C18H15Cl2N3O2. The van der Waals surface area contributed by atoms with Gasteiger partial charge in [0.2, 0.25) is 0 Å². The van der Waals surface area contributed by atoms with Crippen LogP contribution in [0.3, 0.4) is 0 Å². The van der Waals surface area contributed by atoms with Gasteiger partial charge in [-0.1, -0.05) is 35.3 Å². The molecule has 5 nitrogen and oxygen atoms in total. The van der Waals surface area contributed by atoms with Gasteiger partial charge in [0.25, 0.3) is 5.91 Å². The number of benzene rings is 2. The summed E-state index contributed by atoms with van der Waals surface area (Å²) in [7, 11) is 1.50. The fourth-order valence-corrected chi connectivity index (χ4v) is 2.67. The first-order valence-electron chi connectivity index (χ1n) is 7.48. The molecule has 0 unspecified atom stereocenters. The second kappa shape index (κ2) is 7.59. The maximum atomic E-state index is 12.6. The Kier molecular flexibility index (Phi) is 5.26. The van der Waals surface area contributed by atoms with Crippen LogP contribution in [0.2, 0.25) is 10.0 Å². The van der Waals surface area contributed by atoms with E-state index < -0.39 is 0 Å². The van der Waals surface area contributed by atoms with Crippen molar-refractivity contribution < 1.29 is 9.53 Å². The van der Waals surface area contributed by atoms with Gasteiger partial charge in [-0.25, -0.2) is 4.68 Å². The lowest BCUT2D eigenvalue weighted by Gasteiger charge is -2.11. The van der Waals surface area contributed by atoms with E-state index in [1.807, 2.05) is 24.3 Å². The van der Waals surface area contributed by atoms with Gasteiger partial charge < -0.3 is 10.1 Å². The minimum absolute atomic E-state index is 0.322. The van der Waals surface area contributed by atoms with Crippen molar-refractivity contribution in [1.82, 2.24) is 9.78 Å². The number of ether oxygens (including phenoxy) is 1. The minimum Gasteiger partial charge on any atom is -0.496 e. The number of halogens is 2. The van der Waals surface area contributed by atoms with E-state index in [9.17, 15) is 4.79 Å². The van der Waals surface area contributed by atoms with E-state index in [1.54, 1.807) is 35.1 Å². The van der Waals surface area contributed by atoms with Crippen LogP contribution in [0.15, 0.2) is 54.7 Å². The van der Waals surface area contributed by atoms with Crippen LogP contribution in [-0.2, 0) is 6.54 Å². The third kappa shape index (κ3) is 4.13. The van der Waals surface area contributed by atoms with Crippen LogP contribution in [0.1, 0.15) is 15.9 Å². The Balaban J connectivity index is 1.80. The van der Waals surface area contributed by atoms with E-state index in [1.165, 1.54) is 7.11 Å². The molecule has 3 rings (SSSR count). The highest BCUT2D eigenvalue weighted by molar-refractivity contribution is 6.31. The minimum atomic E-state index is -0.322. The Hall–Kier alpha value is -2.50. The molecule has 0 atom stereocenters. The topological polar surface area (TPSA) is 56.1 Å². The van der Waals surface area contributed by atoms with E-state index >= 15 is 0 Å². The summed E-state index contributed by atoms with van der Waals surface area (Å²) in [5.74, 6) is 0.699. The van der Waals surface area contributed by atoms with Crippen LogP contribution in [0, 0.1) is 0 Å². The summed E-state index contributed by atoms with van der Waals surface area (Å²) in [5, 5.41) is 8.22.